The summed E-state index contributed by atoms with van der Waals surface area (Å²) in [7, 11) is -4.21. The number of aromatic nitrogens is 3. The van der Waals surface area contributed by atoms with E-state index in [1.807, 2.05) is 38.1 Å². The average Bonchev–Trinajstić information content (AvgIpc) is 3.65. The number of carboxylic acids is 1. The van der Waals surface area contributed by atoms with Crippen molar-refractivity contribution < 1.29 is 27.9 Å². The summed E-state index contributed by atoms with van der Waals surface area (Å²) in [4.78, 5) is 29.2. The van der Waals surface area contributed by atoms with Gasteiger partial charge in [-0.15, -0.1) is 11.3 Å². The van der Waals surface area contributed by atoms with E-state index in [9.17, 15) is 23.1 Å². The third-order valence-electron chi connectivity index (χ3n) is 6.71. The monoisotopic (exact) mass is 631 g/mol. The maximum absolute atomic E-state index is 13.7. The molecule has 3 heterocycles. The Bertz CT molecular complexity index is 1940. The molecule has 0 spiro atoms. The van der Waals surface area contributed by atoms with Crippen LogP contribution in [0, 0.1) is 20.8 Å². The van der Waals surface area contributed by atoms with E-state index < -0.39 is 21.9 Å². The zero-order valence-electron chi connectivity index (χ0n) is 24.1. The number of hydrogen-bond acceptors (Lipinski definition) is 8. The summed E-state index contributed by atoms with van der Waals surface area (Å²) in [6, 6.07) is 18.6. The number of carbonyl (C=O) groups is 2. The lowest BCUT2D eigenvalue weighted by Gasteiger charge is -2.17. The van der Waals surface area contributed by atoms with Crippen molar-refractivity contribution in [3.63, 3.8) is 0 Å². The number of aryl methyl sites for hydroxylation is 2. The number of nitrogens with zero attached hydrogens (tertiary/aromatic N) is 3. The molecule has 0 unspecified atom stereocenters. The number of carbonyl (C=O) groups excluding carboxylic acids is 1. The van der Waals surface area contributed by atoms with Gasteiger partial charge in [0.05, 0.1) is 10.6 Å². The first-order chi connectivity index (χ1) is 21.0. The van der Waals surface area contributed by atoms with Crippen LogP contribution in [0.1, 0.15) is 42.5 Å². The van der Waals surface area contributed by atoms with Gasteiger partial charge in [-0.3, -0.25) is 9.78 Å². The molecule has 5 rings (SSSR count). The van der Waals surface area contributed by atoms with Gasteiger partial charge in [-0.25, -0.2) is 17.9 Å². The minimum atomic E-state index is -4.21. The van der Waals surface area contributed by atoms with E-state index in [1.165, 1.54) is 34.2 Å². The van der Waals surface area contributed by atoms with Crippen molar-refractivity contribution in [2.24, 2.45) is 0 Å². The number of carboxylic acid groups (broad SMARTS) is 1. The zero-order valence-corrected chi connectivity index (χ0v) is 25.7. The highest BCUT2D eigenvalue weighted by molar-refractivity contribution is 7.89. The third kappa shape index (κ3) is 6.70. The molecule has 0 fully saturated rings. The average molecular weight is 632 g/mol. The van der Waals surface area contributed by atoms with E-state index >= 15 is 0 Å². The number of hydrogen-bond donors (Lipinski definition) is 3. The molecule has 3 aromatic heterocycles. The van der Waals surface area contributed by atoms with Crippen molar-refractivity contribution in [3.8, 4) is 17.3 Å². The van der Waals surface area contributed by atoms with Crippen molar-refractivity contribution >= 4 is 38.9 Å². The fraction of sp³-hybridized carbons (Fsp3) is 0.161. The number of thiophene rings is 1. The molecular weight excluding hydrogens is 603 g/mol. The second-order valence-corrected chi connectivity index (χ2v) is 12.6. The van der Waals surface area contributed by atoms with E-state index in [0.29, 0.717) is 22.7 Å². The van der Waals surface area contributed by atoms with Gasteiger partial charge < -0.3 is 15.2 Å². The largest absolute Gasteiger partial charge is 0.476 e. The maximum atomic E-state index is 13.7. The standard InChI is InChI=1S/C31H29N5O6S2/c1-19-9-10-20(2)24(17-19)36-30(21(3)28(35-36)31(38)39)42-25-12-11-23(34-29(37)26-8-6-16-43-26)18-27(25)44(40,41)33-15-13-22-7-4-5-14-32-22/h4-12,14,16-18,33H,13,15H2,1-3H3,(H,34,37)(H,38,39). The smallest absolute Gasteiger partial charge is 0.356 e. The highest BCUT2D eigenvalue weighted by Crippen LogP contribution is 2.36. The van der Waals surface area contributed by atoms with Gasteiger partial charge in [-0.1, -0.05) is 24.3 Å². The molecule has 0 aliphatic carbocycles. The van der Waals surface area contributed by atoms with Gasteiger partial charge >= 0.3 is 5.97 Å². The van der Waals surface area contributed by atoms with Crippen molar-refractivity contribution in [3.05, 3.63) is 111 Å². The number of benzene rings is 2. The first kappa shape index (κ1) is 30.6. The van der Waals surface area contributed by atoms with Crippen LogP contribution in [-0.4, -0.2) is 46.7 Å². The Morgan fingerprint density at radius 1 is 1.02 bits per heavy atom. The Morgan fingerprint density at radius 2 is 1.84 bits per heavy atom. The van der Waals surface area contributed by atoms with Crippen LogP contribution in [0.15, 0.2) is 83.2 Å². The van der Waals surface area contributed by atoms with Crippen molar-refractivity contribution in [1.82, 2.24) is 19.5 Å². The highest BCUT2D eigenvalue weighted by Gasteiger charge is 2.27. The van der Waals surface area contributed by atoms with Gasteiger partial charge in [-0.2, -0.15) is 9.78 Å². The Labute approximate surface area is 258 Å². The Kier molecular flexibility index (Phi) is 8.90. The molecule has 13 heteroatoms. The third-order valence-corrected chi connectivity index (χ3v) is 9.06. The predicted octanol–water partition coefficient (Wildman–Crippen LogP) is 5.52. The SMILES string of the molecule is Cc1ccc(C)c(-n2nc(C(=O)O)c(C)c2Oc2ccc(NC(=O)c3cccs3)cc2S(=O)(=O)NCCc2ccccn2)c1. The number of sulfonamides is 1. The topological polar surface area (TPSA) is 153 Å². The molecule has 226 valence electrons. The van der Waals surface area contributed by atoms with Crippen LogP contribution < -0.4 is 14.8 Å². The quantitative estimate of drug-likeness (QED) is 0.172. The molecule has 1 amide bonds. The number of ether oxygens (including phenoxy) is 1. The number of amides is 1. The van der Waals surface area contributed by atoms with Gasteiger partial charge in [0.2, 0.25) is 15.9 Å². The molecule has 0 atom stereocenters. The highest BCUT2D eigenvalue weighted by atomic mass is 32.2. The van der Waals surface area contributed by atoms with Crippen LogP contribution >= 0.6 is 11.3 Å². The minimum Gasteiger partial charge on any atom is -0.476 e. The van der Waals surface area contributed by atoms with Crippen LogP contribution in [0.4, 0.5) is 5.69 Å². The molecule has 44 heavy (non-hydrogen) atoms. The lowest BCUT2D eigenvalue weighted by Crippen LogP contribution is -2.27. The Hall–Kier alpha value is -4.85. The molecule has 0 saturated carbocycles. The van der Waals surface area contributed by atoms with E-state index in [0.717, 1.165) is 11.1 Å². The molecule has 0 radical (unpaired) electrons. The fourth-order valence-corrected chi connectivity index (χ4v) is 6.24. The van der Waals surface area contributed by atoms with E-state index in [1.54, 1.807) is 42.8 Å². The van der Waals surface area contributed by atoms with E-state index in [4.69, 9.17) is 4.74 Å². The van der Waals surface area contributed by atoms with Crippen LogP contribution in [0.3, 0.4) is 0 Å². The second-order valence-electron chi connectivity index (χ2n) is 9.95. The zero-order chi connectivity index (χ0) is 31.4. The predicted molar refractivity (Wildman–Crippen MR) is 167 cm³/mol. The fourth-order valence-electron chi connectivity index (χ4n) is 4.44. The van der Waals surface area contributed by atoms with E-state index in [2.05, 4.69) is 20.1 Å². The molecule has 0 aliphatic heterocycles. The van der Waals surface area contributed by atoms with Gasteiger partial charge in [0.15, 0.2) is 5.69 Å². The summed E-state index contributed by atoms with van der Waals surface area (Å²) in [5.41, 5.74) is 3.19. The summed E-state index contributed by atoms with van der Waals surface area (Å²) >= 11 is 1.25. The van der Waals surface area contributed by atoms with Gasteiger partial charge in [-0.05, 0) is 79.7 Å². The molecule has 5 aromatic rings. The first-order valence-electron chi connectivity index (χ1n) is 13.5. The maximum Gasteiger partial charge on any atom is 0.356 e. The van der Waals surface area contributed by atoms with E-state index in [-0.39, 0.29) is 40.0 Å². The van der Waals surface area contributed by atoms with Gasteiger partial charge in [0.25, 0.3) is 5.91 Å². The van der Waals surface area contributed by atoms with Crippen LogP contribution in [-0.2, 0) is 16.4 Å². The van der Waals surface area contributed by atoms with Crippen molar-refractivity contribution in [2.45, 2.75) is 32.1 Å². The first-order valence-corrected chi connectivity index (χ1v) is 15.9. The van der Waals surface area contributed by atoms with Crippen LogP contribution in [0.5, 0.6) is 11.6 Å². The number of aromatic carboxylic acids is 1. The number of anilines is 1. The minimum absolute atomic E-state index is 0.0383. The molecular formula is C31H29N5O6S2. The molecule has 0 saturated heterocycles. The van der Waals surface area contributed by atoms with Gasteiger partial charge in [0.1, 0.15) is 10.6 Å². The summed E-state index contributed by atoms with van der Waals surface area (Å²) in [6.45, 7) is 5.33. The summed E-state index contributed by atoms with van der Waals surface area (Å²) in [5, 5.41) is 18.6. The van der Waals surface area contributed by atoms with Crippen molar-refractivity contribution in [1.29, 1.82) is 0 Å². The normalized spacial score (nSPS) is 11.3. The molecule has 11 nitrogen and oxygen atoms in total. The molecule has 0 bridgehead atoms. The molecule has 2 aromatic carbocycles. The Morgan fingerprint density at radius 3 is 2.55 bits per heavy atom. The molecule has 0 aliphatic rings. The summed E-state index contributed by atoms with van der Waals surface area (Å²) in [5.74, 6) is -1.70. The number of rotatable bonds is 11. The molecule has 3 N–H and O–H groups in total. The van der Waals surface area contributed by atoms with Crippen molar-refractivity contribution in [2.75, 3.05) is 11.9 Å². The summed E-state index contributed by atoms with van der Waals surface area (Å²) < 4.78 is 37.6. The number of pyridine rings is 1. The number of nitrogens with one attached hydrogen (secondary N) is 2. The second kappa shape index (κ2) is 12.8. The Balaban J connectivity index is 1.56. The van der Waals surface area contributed by atoms with Crippen LogP contribution in [0.2, 0.25) is 0 Å². The lowest BCUT2D eigenvalue weighted by atomic mass is 10.1. The summed E-state index contributed by atoms with van der Waals surface area (Å²) in [6.07, 6.45) is 1.97. The van der Waals surface area contributed by atoms with Crippen LogP contribution in [0.25, 0.3) is 5.69 Å². The lowest BCUT2D eigenvalue weighted by molar-refractivity contribution is 0.0689. The van der Waals surface area contributed by atoms with Gasteiger partial charge in [0, 0.05) is 36.1 Å².